The van der Waals surface area contributed by atoms with Crippen molar-refractivity contribution >= 4 is 5.91 Å². The second-order valence-electron chi connectivity index (χ2n) is 5.58. The van der Waals surface area contributed by atoms with Gasteiger partial charge in [-0.25, -0.2) is 8.78 Å². The predicted molar refractivity (Wildman–Crippen MR) is 68.5 cm³/mol. The number of amides is 1. The average molecular weight is 271 g/mol. The molecule has 2 N–H and O–H groups in total. The lowest BCUT2D eigenvalue weighted by molar-refractivity contribution is -0.121. The number of halogens is 2. The lowest BCUT2D eigenvalue weighted by atomic mass is 9.89. The van der Waals surface area contributed by atoms with Crippen LogP contribution < -0.4 is 5.32 Å². The molecule has 0 spiro atoms. The van der Waals surface area contributed by atoms with Crippen LogP contribution in [0.15, 0.2) is 18.2 Å². The lowest BCUT2D eigenvalue weighted by Crippen LogP contribution is -2.39. The van der Waals surface area contributed by atoms with Crippen molar-refractivity contribution in [2.24, 2.45) is 5.41 Å². The van der Waals surface area contributed by atoms with Gasteiger partial charge in [-0.15, -0.1) is 0 Å². The summed E-state index contributed by atoms with van der Waals surface area (Å²) in [6.45, 7) is 5.61. The Kier molecular flexibility index (Phi) is 5.00. The highest BCUT2D eigenvalue weighted by molar-refractivity contribution is 5.78. The molecule has 1 aromatic carbocycles. The van der Waals surface area contributed by atoms with E-state index in [2.05, 4.69) is 5.32 Å². The number of rotatable bonds is 4. The van der Waals surface area contributed by atoms with Gasteiger partial charge in [0.2, 0.25) is 5.91 Å². The zero-order chi connectivity index (χ0) is 14.6. The summed E-state index contributed by atoms with van der Waals surface area (Å²) < 4.78 is 26.3. The Morgan fingerprint density at radius 1 is 1.37 bits per heavy atom. The quantitative estimate of drug-likeness (QED) is 0.880. The Labute approximate surface area is 111 Å². The minimum Gasteiger partial charge on any atom is -0.391 e. The molecule has 19 heavy (non-hydrogen) atoms. The molecule has 1 amide bonds. The van der Waals surface area contributed by atoms with Crippen LogP contribution in [0.2, 0.25) is 0 Å². The molecule has 0 aliphatic rings. The van der Waals surface area contributed by atoms with Crippen molar-refractivity contribution in [1.29, 1.82) is 0 Å². The van der Waals surface area contributed by atoms with Gasteiger partial charge in [0.15, 0.2) is 11.6 Å². The van der Waals surface area contributed by atoms with Crippen molar-refractivity contribution in [1.82, 2.24) is 5.32 Å². The summed E-state index contributed by atoms with van der Waals surface area (Å²) in [4.78, 5) is 11.6. The molecule has 0 aliphatic carbocycles. The summed E-state index contributed by atoms with van der Waals surface area (Å²) in [6.07, 6.45) is -0.950. The van der Waals surface area contributed by atoms with Crippen molar-refractivity contribution < 1.29 is 18.7 Å². The zero-order valence-corrected chi connectivity index (χ0v) is 11.3. The standard InChI is InChI=1S/C14H19F2NO2/c1-14(2,3)11(18)8-17-12(19)7-9-5-4-6-10(15)13(9)16/h4-6,11,18H,7-8H2,1-3H3,(H,17,19). The molecule has 106 valence electrons. The van der Waals surface area contributed by atoms with E-state index in [0.29, 0.717) is 0 Å². The van der Waals surface area contributed by atoms with Gasteiger partial charge in [0.05, 0.1) is 12.5 Å². The van der Waals surface area contributed by atoms with Gasteiger partial charge in [0, 0.05) is 12.1 Å². The van der Waals surface area contributed by atoms with Crippen molar-refractivity contribution in [3.63, 3.8) is 0 Å². The minimum absolute atomic E-state index is 0.00254. The van der Waals surface area contributed by atoms with E-state index in [9.17, 15) is 18.7 Å². The Hall–Kier alpha value is -1.49. The molecule has 0 radical (unpaired) electrons. The maximum absolute atomic E-state index is 13.3. The Morgan fingerprint density at radius 2 is 2.00 bits per heavy atom. The molecule has 3 nitrogen and oxygen atoms in total. The summed E-state index contributed by atoms with van der Waals surface area (Å²) >= 11 is 0. The highest BCUT2D eigenvalue weighted by Crippen LogP contribution is 2.18. The summed E-state index contributed by atoms with van der Waals surface area (Å²) in [5, 5.41) is 12.3. The van der Waals surface area contributed by atoms with E-state index in [1.165, 1.54) is 12.1 Å². The van der Waals surface area contributed by atoms with Crippen LogP contribution in [0.1, 0.15) is 26.3 Å². The summed E-state index contributed by atoms with van der Waals surface area (Å²) in [6, 6.07) is 3.71. The van der Waals surface area contributed by atoms with E-state index in [4.69, 9.17) is 0 Å². The number of benzene rings is 1. The average Bonchev–Trinajstić information content (AvgIpc) is 2.30. The van der Waals surface area contributed by atoms with Crippen LogP contribution in [-0.2, 0) is 11.2 Å². The van der Waals surface area contributed by atoms with Gasteiger partial charge in [0.25, 0.3) is 0 Å². The lowest BCUT2D eigenvalue weighted by Gasteiger charge is -2.25. The fraction of sp³-hybridized carbons (Fsp3) is 0.500. The van der Waals surface area contributed by atoms with E-state index < -0.39 is 23.6 Å². The highest BCUT2D eigenvalue weighted by Gasteiger charge is 2.22. The number of hydrogen-bond donors (Lipinski definition) is 2. The molecule has 0 aliphatic heterocycles. The molecule has 0 bridgehead atoms. The Morgan fingerprint density at radius 3 is 2.58 bits per heavy atom. The molecule has 0 saturated carbocycles. The first-order valence-corrected chi connectivity index (χ1v) is 6.09. The van der Waals surface area contributed by atoms with E-state index in [1.807, 2.05) is 20.8 Å². The van der Waals surface area contributed by atoms with Crippen molar-refractivity contribution in [3.8, 4) is 0 Å². The number of nitrogens with one attached hydrogen (secondary N) is 1. The van der Waals surface area contributed by atoms with Crippen molar-refractivity contribution in [3.05, 3.63) is 35.4 Å². The second-order valence-corrected chi connectivity index (χ2v) is 5.58. The number of aliphatic hydroxyl groups excluding tert-OH is 1. The van der Waals surface area contributed by atoms with E-state index in [1.54, 1.807) is 0 Å². The first-order valence-electron chi connectivity index (χ1n) is 6.09. The maximum atomic E-state index is 13.3. The first kappa shape index (κ1) is 15.6. The normalized spacial score (nSPS) is 13.2. The topological polar surface area (TPSA) is 49.3 Å². The van der Waals surface area contributed by atoms with Gasteiger partial charge in [-0.3, -0.25) is 4.79 Å². The van der Waals surface area contributed by atoms with Crippen molar-refractivity contribution in [2.45, 2.75) is 33.3 Å². The number of hydrogen-bond acceptors (Lipinski definition) is 2. The van der Waals surface area contributed by atoms with Crippen LogP contribution >= 0.6 is 0 Å². The zero-order valence-electron chi connectivity index (χ0n) is 11.3. The van der Waals surface area contributed by atoms with Gasteiger partial charge in [-0.1, -0.05) is 32.9 Å². The molecule has 1 unspecified atom stereocenters. The summed E-state index contributed by atoms with van der Waals surface area (Å²) in [7, 11) is 0. The smallest absolute Gasteiger partial charge is 0.224 e. The van der Waals surface area contributed by atoms with Gasteiger partial charge in [-0.2, -0.15) is 0 Å². The number of carbonyl (C=O) groups excluding carboxylic acids is 1. The maximum Gasteiger partial charge on any atom is 0.224 e. The molecule has 0 fully saturated rings. The van der Waals surface area contributed by atoms with E-state index in [-0.39, 0.29) is 23.9 Å². The largest absolute Gasteiger partial charge is 0.391 e. The predicted octanol–water partition coefficient (Wildman–Crippen LogP) is 2.03. The van der Waals surface area contributed by atoms with Crippen LogP contribution in [0.25, 0.3) is 0 Å². The van der Waals surface area contributed by atoms with Gasteiger partial charge in [0.1, 0.15) is 0 Å². The van der Waals surface area contributed by atoms with Gasteiger partial charge < -0.3 is 10.4 Å². The molecular weight excluding hydrogens is 252 g/mol. The molecule has 1 atom stereocenters. The fourth-order valence-corrected chi connectivity index (χ4v) is 1.44. The van der Waals surface area contributed by atoms with Gasteiger partial charge in [-0.05, 0) is 11.5 Å². The fourth-order valence-electron chi connectivity index (χ4n) is 1.44. The monoisotopic (exact) mass is 271 g/mol. The third-order valence-corrected chi connectivity index (χ3v) is 2.87. The second kappa shape index (κ2) is 6.10. The molecule has 0 heterocycles. The SMILES string of the molecule is CC(C)(C)C(O)CNC(=O)Cc1cccc(F)c1F. The highest BCUT2D eigenvalue weighted by atomic mass is 19.2. The Bertz CT molecular complexity index is 455. The van der Waals surface area contributed by atoms with Crippen LogP contribution in [0.5, 0.6) is 0 Å². The number of aliphatic hydroxyl groups is 1. The third kappa shape index (κ3) is 4.59. The molecule has 0 saturated heterocycles. The van der Waals surface area contributed by atoms with E-state index >= 15 is 0 Å². The molecule has 0 aromatic heterocycles. The van der Waals surface area contributed by atoms with Crippen LogP contribution in [0.4, 0.5) is 8.78 Å². The molecular formula is C14H19F2NO2. The minimum atomic E-state index is -1.01. The molecule has 1 aromatic rings. The summed E-state index contributed by atoms with van der Waals surface area (Å²) in [5.74, 6) is -2.43. The van der Waals surface area contributed by atoms with E-state index in [0.717, 1.165) is 6.07 Å². The summed E-state index contributed by atoms with van der Waals surface area (Å²) in [5.41, 5.74) is -0.347. The third-order valence-electron chi connectivity index (χ3n) is 2.87. The van der Waals surface area contributed by atoms with Crippen LogP contribution in [0, 0.1) is 17.0 Å². The van der Waals surface area contributed by atoms with Crippen LogP contribution in [-0.4, -0.2) is 23.7 Å². The molecule has 1 rings (SSSR count). The molecule has 5 heteroatoms. The van der Waals surface area contributed by atoms with Crippen molar-refractivity contribution in [2.75, 3.05) is 6.54 Å². The Balaban J connectivity index is 2.55. The van der Waals surface area contributed by atoms with Crippen LogP contribution in [0.3, 0.4) is 0 Å². The first-order chi connectivity index (χ1) is 8.71. The number of carbonyl (C=O) groups is 1. The van der Waals surface area contributed by atoms with Gasteiger partial charge >= 0.3 is 0 Å².